The summed E-state index contributed by atoms with van der Waals surface area (Å²) in [5.41, 5.74) is 2.27. The molecule has 140 valence electrons. The van der Waals surface area contributed by atoms with Crippen LogP contribution in [0, 0.1) is 0 Å². The van der Waals surface area contributed by atoms with Crippen molar-refractivity contribution in [2.45, 2.75) is 6.54 Å². The van der Waals surface area contributed by atoms with Gasteiger partial charge in [0.1, 0.15) is 5.82 Å². The number of anilines is 1. The Morgan fingerprint density at radius 3 is 2.54 bits per heavy atom. The van der Waals surface area contributed by atoms with Crippen molar-refractivity contribution >= 4 is 34.9 Å². The minimum atomic E-state index is -0.226. The molecule has 2 aromatic heterocycles. The molecule has 28 heavy (non-hydrogen) atoms. The number of amides is 1. The highest BCUT2D eigenvalue weighted by atomic mass is 35.5. The van der Waals surface area contributed by atoms with E-state index in [0.717, 1.165) is 11.3 Å². The van der Waals surface area contributed by atoms with Crippen molar-refractivity contribution in [1.82, 2.24) is 19.6 Å². The Hall–Kier alpha value is -3.09. The minimum Gasteiger partial charge on any atom is -0.307 e. The van der Waals surface area contributed by atoms with Crippen molar-refractivity contribution in [3.8, 4) is 5.69 Å². The number of hydrogen-bond donors (Lipinski definition) is 1. The van der Waals surface area contributed by atoms with Gasteiger partial charge in [-0.05, 0) is 48.0 Å². The molecule has 6 nitrogen and oxygen atoms in total. The monoisotopic (exact) mass is 411 g/mol. The number of hydrogen-bond acceptors (Lipinski definition) is 3. The standard InChI is InChI=1S/C20H15Cl2N5O/c21-16-5-2-15(18(22)12-16)13-27-19(8-10-24-27)25-20(28)14-3-6-17(7-4-14)26-11-1-9-23-26/h1-12H,13H2,(H,25,28). The first-order chi connectivity index (χ1) is 13.6. The van der Waals surface area contributed by atoms with Crippen LogP contribution >= 0.6 is 23.2 Å². The van der Waals surface area contributed by atoms with Gasteiger partial charge in [0.2, 0.25) is 0 Å². The van der Waals surface area contributed by atoms with E-state index >= 15 is 0 Å². The van der Waals surface area contributed by atoms with Crippen LogP contribution in [0.2, 0.25) is 10.0 Å². The maximum absolute atomic E-state index is 12.6. The molecule has 2 aromatic carbocycles. The summed E-state index contributed by atoms with van der Waals surface area (Å²) < 4.78 is 3.40. The third-order valence-electron chi connectivity index (χ3n) is 4.19. The lowest BCUT2D eigenvalue weighted by atomic mass is 10.2. The number of carbonyl (C=O) groups excluding carboxylic acids is 1. The zero-order chi connectivity index (χ0) is 19.5. The minimum absolute atomic E-state index is 0.226. The lowest BCUT2D eigenvalue weighted by Crippen LogP contribution is -2.16. The maximum atomic E-state index is 12.6. The Balaban J connectivity index is 1.49. The average Bonchev–Trinajstić information content (AvgIpc) is 3.37. The van der Waals surface area contributed by atoms with E-state index in [4.69, 9.17) is 23.2 Å². The first kappa shape index (κ1) is 18.3. The molecule has 8 heteroatoms. The highest BCUT2D eigenvalue weighted by Crippen LogP contribution is 2.23. The van der Waals surface area contributed by atoms with Gasteiger partial charge in [0.15, 0.2) is 0 Å². The number of rotatable bonds is 5. The van der Waals surface area contributed by atoms with E-state index in [9.17, 15) is 4.79 Å². The van der Waals surface area contributed by atoms with Crippen LogP contribution in [0.25, 0.3) is 5.69 Å². The fourth-order valence-electron chi connectivity index (χ4n) is 2.75. The summed E-state index contributed by atoms with van der Waals surface area (Å²) in [6, 6.07) is 16.1. The van der Waals surface area contributed by atoms with Gasteiger partial charge in [-0.2, -0.15) is 10.2 Å². The van der Waals surface area contributed by atoms with E-state index in [0.29, 0.717) is 28.0 Å². The summed E-state index contributed by atoms with van der Waals surface area (Å²) in [5, 5.41) is 12.4. The first-order valence-corrected chi connectivity index (χ1v) is 9.23. The predicted molar refractivity (Wildman–Crippen MR) is 109 cm³/mol. The summed E-state index contributed by atoms with van der Waals surface area (Å²) in [6.45, 7) is 0.414. The van der Waals surface area contributed by atoms with Crippen LogP contribution in [0.5, 0.6) is 0 Å². The van der Waals surface area contributed by atoms with Gasteiger partial charge in [-0.3, -0.25) is 4.79 Å². The molecule has 0 fully saturated rings. The van der Waals surface area contributed by atoms with E-state index in [1.54, 1.807) is 52.1 Å². The molecule has 0 saturated heterocycles. The van der Waals surface area contributed by atoms with Crippen LogP contribution in [0.3, 0.4) is 0 Å². The van der Waals surface area contributed by atoms with Gasteiger partial charge >= 0.3 is 0 Å². The molecule has 0 aliphatic carbocycles. The Kier molecular flexibility index (Phi) is 5.14. The van der Waals surface area contributed by atoms with Crippen LogP contribution < -0.4 is 5.32 Å². The Labute approximate surface area is 171 Å². The number of benzene rings is 2. The molecule has 2 heterocycles. The topological polar surface area (TPSA) is 64.7 Å². The fraction of sp³-hybridized carbons (Fsp3) is 0.0500. The first-order valence-electron chi connectivity index (χ1n) is 8.47. The van der Waals surface area contributed by atoms with E-state index in [1.807, 2.05) is 30.5 Å². The zero-order valence-electron chi connectivity index (χ0n) is 14.6. The van der Waals surface area contributed by atoms with Gasteiger partial charge in [-0.15, -0.1) is 0 Å². The van der Waals surface area contributed by atoms with Crippen molar-refractivity contribution in [1.29, 1.82) is 0 Å². The van der Waals surface area contributed by atoms with Crippen LogP contribution in [0.1, 0.15) is 15.9 Å². The van der Waals surface area contributed by atoms with E-state index in [1.165, 1.54) is 0 Å². The normalized spacial score (nSPS) is 10.8. The molecule has 1 amide bonds. The second-order valence-electron chi connectivity index (χ2n) is 6.06. The smallest absolute Gasteiger partial charge is 0.256 e. The Morgan fingerprint density at radius 2 is 1.82 bits per heavy atom. The molecule has 0 saturated carbocycles. The molecular formula is C20H15Cl2N5O. The van der Waals surface area contributed by atoms with Crippen molar-refractivity contribution in [3.05, 3.63) is 94.4 Å². The summed E-state index contributed by atoms with van der Waals surface area (Å²) >= 11 is 12.2. The molecule has 0 radical (unpaired) electrons. The highest BCUT2D eigenvalue weighted by Gasteiger charge is 2.11. The van der Waals surface area contributed by atoms with E-state index in [2.05, 4.69) is 15.5 Å². The largest absolute Gasteiger partial charge is 0.307 e. The lowest BCUT2D eigenvalue weighted by Gasteiger charge is -2.11. The number of nitrogens with zero attached hydrogens (tertiary/aromatic N) is 4. The van der Waals surface area contributed by atoms with Gasteiger partial charge in [0.05, 0.1) is 18.4 Å². The van der Waals surface area contributed by atoms with Gasteiger partial charge in [0, 0.05) is 34.1 Å². The van der Waals surface area contributed by atoms with Crippen molar-refractivity contribution < 1.29 is 4.79 Å². The quantitative estimate of drug-likeness (QED) is 0.518. The van der Waals surface area contributed by atoms with E-state index < -0.39 is 0 Å². The van der Waals surface area contributed by atoms with Crippen molar-refractivity contribution in [3.63, 3.8) is 0 Å². The van der Waals surface area contributed by atoms with Gasteiger partial charge < -0.3 is 5.32 Å². The molecule has 1 N–H and O–H groups in total. The van der Waals surface area contributed by atoms with Crippen molar-refractivity contribution in [2.24, 2.45) is 0 Å². The van der Waals surface area contributed by atoms with Crippen molar-refractivity contribution in [2.75, 3.05) is 5.32 Å². The van der Waals surface area contributed by atoms with Crippen LogP contribution in [0.15, 0.2) is 73.2 Å². The lowest BCUT2D eigenvalue weighted by molar-refractivity contribution is 0.102. The summed E-state index contributed by atoms with van der Waals surface area (Å²) in [4.78, 5) is 12.6. The van der Waals surface area contributed by atoms with E-state index in [-0.39, 0.29) is 5.91 Å². The number of carbonyl (C=O) groups is 1. The predicted octanol–water partition coefficient (Wildman–Crippen LogP) is 4.68. The maximum Gasteiger partial charge on any atom is 0.256 e. The van der Waals surface area contributed by atoms with Crippen LogP contribution in [0.4, 0.5) is 5.82 Å². The zero-order valence-corrected chi connectivity index (χ0v) is 16.1. The molecule has 0 aliphatic heterocycles. The highest BCUT2D eigenvalue weighted by molar-refractivity contribution is 6.35. The Morgan fingerprint density at radius 1 is 1.00 bits per heavy atom. The SMILES string of the molecule is O=C(Nc1ccnn1Cc1ccc(Cl)cc1Cl)c1ccc(-n2cccn2)cc1. The molecular weight excluding hydrogens is 397 g/mol. The molecule has 4 rings (SSSR count). The summed E-state index contributed by atoms with van der Waals surface area (Å²) in [6.07, 6.45) is 5.17. The molecule has 4 aromatic rings. The second kappa shape index (κ2) is 7.88. The van der Waals surface area contributed by atoms with Gasteiger partial charge in [0.25, 0.3) is 5.91 Å². The molecule has 0 spiro atoms. The van der Waals surface area contributed by atoms with Crippen LogP contribution in [-0.2, 0) is 6.54 Å². The average molecular weight is 412 g/mol. The summed E-state index contributed by atoms with van der Waals surface area (Å²) in [5.74, 6) is 0.350. The number of aromatic nitrogens is 4. The molecule has 0 aliphatic rings. The summed E-state index contributed by atoms with van der Waals surface area (Å²) in [7, 11) is 0. The van der Waals surface area contributed by atoms with Gasteiger partial charge in [-0.25, -0.2) is 9.36 Å². The third-order valence-corrected chi connectivity index (χ3v) is 4.78. The molecule has 0 bridgehead atoms. The molecule has 0 unspecified atom stereocenters. The second-order valence-corrected chi connectivity index (χ2v) is 6.91. The fourth-order valence-corrected chi connectivity index (χ4v) is 3.22. The molecule has 0 atom stereocenters. The number of nitrogens with one attached hydrogen (secondary N) is 1. The third kappa shape index (κ3) is 3.93. The van der Waals surface area contributed by atoms with Crippen LogP contribution in [-0.4, -0.2) is 25.5 Å². The number of halogens is 2. The van der Waals surface area contributed by atoms with Gasteiger partial charge in [-0.1, -0.05) is 29.3 Å². The Bertz CT molecular complexity index is 1100.